The highest BCUT2D eigenvalue weighted by Gasteiger charge is 2.59. The molecular formula is C34H37BrN2O8. The smallest absolute Gasteiger partial charge is 0.241 e. The number of hydrogen-bond donors (Lipinski definition) is 1. The predicted molar refractivity (Wildman–Crippen MR) is 170 cm³/mol. The van der Waals surface area contributed by atoms with Crippen molar-refractivity contribution in [1.82, 2.24) is 9.80 Å². The van der Waals surface area contributed by atoms with Crippen molar-refractivity contribution in [3.63, 3.8) is 0 Å². The summed E-state index contributed by atoms with van der Waals surface area (Å²) >= 11 is 3.71. The van der Waals surface area contributed by atoms with E-state index in [4.69, 9.17) is 23.7 Å². The summed E-state index contributed by atoms with van der Waals surface area (Å²) in [5.74, 6) is 0.868. The molecule has 1 amide bonds. The van der Waals surface area contributed by atoms with Gasteiger partial charge in [-0.2, -0.15) is 0 Å². The number of piperazine rings is 1. The van der Waals surface area contributed by atoms with Crippen LogP contribution in [-0.2, 0) is 22.6 Å². The number of likely N-dealkylation sites (N-methyl/N-ethyl adjacent to an activating group) is 1. The van der Waals surface area contributed by atoms with E-state index >= 15 is 0 Å². The summed E-state index contributed by atoms with van der Waals surface area (Å²) in [5, 5.41) is 11.7. The Morgan fingerprint density at radius 1 is 0.867 bits per heavy atom. The number of hydrogen-bond acceptors (Lipinski definition) is 9. The van der Waals surface area contributed by atoms with E-state index in [1.807, 2.05) is 56.1 Å². The minimum Gasteiger partial charge on any atom is -0.504 e. The number of methoxy groups -OCH3 is 4. The molecule has 3 heterocycles. The molecule has 0 spiro atoms. The van der Waals surface area contributed by atoms with E-state index in [-0.39, 0.29) is 24.0 Å². The minimum atomic E-state index is -1.01. The highest BCUT2D eigenvalue weighted by molar-refractivity contribution is 9.10. The molecule has 0 unspecified atom stereocenters. The van der Waals surface area contributed by atoms with Gasteiger partial charge in [0.1, 0.15) is 11.8 Å². The first-order chi connectivity index (χ1) is 21.6. The zero-order valence-corrected chi connectivity index (χ0v) is 28.0. The first kappa shape index (κ1) is 31.2. The van der Waals surface area contributed by atoms with Crippen LogP contribution in [0, 0.1) is 13.8 Å². The molecule has 6 rings (SSSR count). The van der Waals surface area contributed by atoms with Gasteiger partial charge in [0.15, 0.2) is 28.8 Å². The van der Waals surface area contributed by atoms with Crippen molar-refractivity contribution in [3.05, 3.63) is 73.7 Å². The summed E-state index contributed by atoms with van der Waals surface area (Å²) in [6.07, 6.45) is 0.333. The normalized spacial score (nSPS) is 22.0. The average molecular weight is 682 g/mol. The number of nitrogens with zero attached hydrogens (tertiary/aromatic N) is 2. The molecule has 1 N–H and O–H groups in total. The highest BCUT2D eigenvalue weighted by Crippen LogP contribution is 2.57. The Morgan fingerprint density at radius 3 is 2.13 bits per heavy atom. The third-order valence-electron chi connectivity index (χ3n) is 9.51. The van der Waals surface area contributed by atoms with Crippen LogP contribution < -0.4 is 18.9 Å². The third-order valence-corrected chi connectivity index (χ3v) is 10.6. The molecule has 3 aliphatic rings. The number of carbonyl (C=O) groups excluding carboxylic acids is 2. The zero-order chi connectivity index (χ0) is 32.3. The maximum absolute atomic E-state index is 14.9. The number of Topliss-reactive ketones (excluding diaryl/α,β-unsaturated/α-hetero) is 1. The van der Waals surface area contributed by atoms with Crippen LogP contribution in [0.5, 0.6) is 28.7 Å². The van der Waals surface area contributed by atoms with Gasteiger partial charge < -0.3 is 33.7 Å². The lowest BCUT2D eigenvalue weighted by atomic mass is 9.73. The summed E-state index contributed by atoms with van der Waals surface area (Å²) in [6, 6.07) is 6.74. The third kappa shape index (κ3) is 4.50. The van der Waals surface area contributed by atoms with E-state index in [0.29, 0.717) is 58.3 Å². The molecule has 1 saturated heterocycles. The van der Waals surface area contributed by atoms with Gasteiger partial charge in [-0.25, -0.2) is 0 Å². The van der Waals surface area contributed by atoms with Crippen molar-refractivity contribution < 1.29 is 38.4 Å². The second-order valence-electron chi connectivity index (χ2n) is 11.6. The van der Waals surface area contributed by atoms with E-state index in [1.165, 1.54) is 28.4 Å². The number of amides is 1. The van der Waals surface area contributed by atoms with Gasteiger partial charge in [-0.1, -0.05) is 46.3 Å². The molecule has 45 heavy (non-hydrogen) atoms. The van der Waals surface area contributed by atoms with E-state index in [1.54, 1.807) is 4.90 Å². The van der Waals surface area contributed by atoms with Gasteiger partial charge >= 0.3 is 0 Å². The van der Waals surface area contributed by atoms with Crippen molar-refractivity contribution in [2.75, 3.05) is 42.1 Å². The van der Waals surface area contributed by atoms with Gasteiger partial charge in [-0.15, -0.1) is 0 Å². The van der Waals surface area contributed by atoms with Crippen molar-refractivity contribution in [1.29, 1.82) is 0 Å². The average Bonchev–Trinajstić information content (AvgIpc) is 3.03. The van der Waals surface area contributed by atoms with Gasteiger partial charge in [0, 0.05) is 26.7 Å². The number of phenolic OH excluding ortho intramolecular Hbond substituents is 1. The molecule has 0 aromatic heterocycles. The van der Waals surface area contributed by atoms with Crippen LogP contribution in [0.15, 0.2) is 34.8 Å². The van der Waals surface area contributed by atoms with Gasteiger partial charge in [0.25, 0.3) is 0 Å². The largest absolute Gasteiger partial charge is 0.504 e. The molecule has 0 aliphatic carbocycles. The fraction of sp³-hybridized carbons (Fsp3) is 0.412. The summed E-state index contributed by atoms with van der Waals surface area (Å²) in [5.41, 5.74) is 4.44. The molecule has 3 aromatic rings. The predicted octanol–water partition coefficient (Wildman–Crippen LogP) is 5.07. The molecule has 3 aromatic carbocycles. The number of ether oxygens (including phenoxy) is 5. The van der Waals surface area contributed by atoms with Crippen LogP contribution in [0.1, 0.15) is 55.8 Å². The monoisotopic (exact) mass is 680 g/mol. The van der Waals surface area contributed by atoms with Crippen molar-refractivity contribution in [2.24, 2.45) is 0 Å². The number of halogens is 1. The fourth-order valence-corrected chi connectivity index (χ4v) is 8.06. The number of aromatic hydroxyl groups is 1. The minimum absolute atomic E-state index is 0.0382. The topological polar surface area (TPSA) is 107 Å². The molecule has 1 fully saturated rings. The molecule has 238 valence electrons. The molecule has 10 nitrogen and oxygen atoms in total. The van der Waals surface area contributed by atoms with Gasteiger partial charge in [-0.05, 0) is 38.4 Å². The summed E-state index contributed by atoms with van der Waals surface area (Å²) in [7, 11) is 7.89. The quantitative estimate of drug-likeness (QED) is 0.349. The SMILES string of the molecule is COc1c(C)c(Br)c2c(c1O)[C@@H]1[C@H]3C(=O)c4c(OC)c(C)c(OC)c(OC)c4[C@H](COCc4ccccc4)N3C(=O)[C@H](C2)N1C. The summed E-state index contributed by atoms with van der Waals surface area (Å²) in [6.45, 7) is 4.03. The first-order valence-electron chi connectivity index (χ1n) is 14.7. The van der Waals surface area contributed by atoms with Crippen LogP contribution in [0.3, 0.4) is 0 Å². The lowest BCUT2D eigenvalue weighted by Gasteiger charge is -2.56. The Hall–Kier alpha value is -3.80. The maximum Gasteiger partial charge on any atom is 0.241 e. The number of fused-ring (bicyclic) bond motifs is 7. The van der Waals surface area contributed by atoms with Crippen LogP contribution in [0.4, 0.5) is 0 Å². The highest BCUT2D eigenvalue weighted by atomic mass is 79.9. The molecule has 4 atom stereocenters. The fourth-order valence-electron chi connectivity index (χ4n) is 7.51. The second kappa shape index (κ2) is 11.9. The molecule has 0 radical (unpaired) electrons. The number of benzene rings is 3. The summed E-state index contributed by atoms with van der Waals surface area (Å²) in [4.78, 5) is 33.1. The standard InChI is InChI=1S/C34H37BrN2O8/c1-16-25(35)19-13-20-34(40)37-21(15-45-14-18-11-9-8-10-12-18)23-24(30(41-4)17(2)32(43-6)33(23)44-7)28(38)27(37)26(36(20)3)22(19)29(39)31(16)42-5/h8-12,20-21,26-27,39H,13-15H2,1-7H3/t20-,21-,26+,27-/m0/s1. The molecule has 11 heteroatoms. The Labute approximate surface area is 270 Å². The van der Waals surface area contributed by atoms with Crippen LogP contribution >= 0.6 is 15.9 Å². The summed E-state index contributed by atoms with van der Waals surface area (Å²) < 4.78 is 30.3. The molecule has 3 aliphatic heterocycles. The van der Waals surface area contributed by atoms with Gasteiger partial charge in [-0.3, -0.25) is 14.5 Å². The molecule has 0 saturated carbocycles. The Bertz CT molecular complexity index is 1690. The lowest BCUT2D eigenvalue weighted by molar-refractivity contribution is -0.156. The lowest BCUT2D eigenvalue weighted by Crippen LogP contribution is -2.68. The van der Waals surface area contributed by atoms with Crippen LogP contribution in [-0.4, -0.2) is 80.8 Å². The van der Waals surface area contributed by atoms with Crippen molar-refractivity contribution in [2.45, 2.75) is 51.0 Å². The Balaban J connectivity index is 1.60. The zero-order valence-electron chi connectivity index (χ0n) is 26.4. The second-order valence-corrected chi connectivity index (χ2v) is 12.4. The van der Waals surface area contributed by atoms with E-state index in [9.17, 15) is 14.7 Å². The first-order valence-corrected chi connectivity index (χ1v) is 15.5. The van der Waals surface area contributed by atoms with Crippen LogP contribution in [0.2, 0.25) is 0 Å². The number of ketones is 1. The molecular weight excluding hydrogens is 644 g/mol. The Morgan fingerprint density at radius 2 is 1.51 bits per heavy atom. The number of carbonyl (C=O) groups is 2. The van der Waals surface area contributed by atoms with Crippen molar-refractivity contribution >= 4 is 27.6 Å². The molecule has 2 bridgehead atoms. The maximum atomic E-state index is 14.9. The van der Waals surface area contributed by atoms with Crippen LogP contribution in [0.25, 0.3) is 0 Å². The van der Waals surface area contributed by atoms with E-state index < -0.39 is 24.2 Å². The van der Waals surface area contributed by atoms with Gasteiger partial charge in [0.2, 0.25) is 5.91 Å². The number of phenols is 1. The van der Waals surface area contributed by atoms with Crippen molar-refractivity contribution in [3.8, 4) is 28.7 Å². The van der Waals surface area contributed by atoms with Gasteiger partial charge in [0.05, 0.1) is 65.3 Å². The number of rotatable bonds is 8. The Kier molecular flexibility index (Phi) is 8.21. The van der Waals surface area contributed by atoms with E-state index in [0.717, 1.165) is 21.2 Å². The van der Waals surface area contributed by atoms with E-state index in [2.05, 4.69) is 15.9 Å².